The van der Waals surface area contributed by atoms with E-state index in [1.54, 1.807) is 14.0 Å². The van der Waals surface area contributed by atoms with Crippen LogP contribution in [0.25, 0.3) is 0 Å². The number of ketones is 2. The lowest BCUT2D eigenvalue weighted by Gasteiger charge is -2.12. The molecule has 2 aromatic rings. The van der Waals surface area contributed by atoms with Gasteiger partial charge in [-0.05, 0) is 26.0 Å². The molecule has 2 aromatic carbocycles. The van der Waals surface area contributed by atoms with Crippen molar-refractivity contribution in [2.45, 2.75) is 19.4 Å². The Morgan fingerprint density at radius 1 is 0.952 bits per heavy atom. The lowest BCUT2D eigenvalue weighted by atomic mass is 9.99. The number of hydrogen-bond donors (Lipinski definition) is 1. The van der Waals surface area contributed by atoms with Gasteiger partial charge in [0, 0.05) is 11.1 Å². The standard InChI is InChI=1S/C18H19NO2/c1-13(20)17(19-2)12-14-8-10-16(11-9-14)18(21)15-6-4-3-5-7-15/h3-11,17,19H,12H2,1-2H3. The monoisotopic (exact) mass is 281 g/mol. The maximum Gasteiger partial charge on any atom is 0.193 e. The first kappa shape index (κ1) is 15.1. The Morgan fingerprint density at radius 2 is 1.52 bits per heavy atom. The smallest absolute Gasteiger partial charge is 0.193 e. The zero-order chi connectivity index (χ0) is 15.2. The summed E-state index contributed by atoms with van der Waals surface area (Å²) in [4.78, 5) is 23.7. The van der Waals surface area contributed by atoms with Crippen LogP contribution < -0.4 is 5.32 Å². The largest absolute Gasteiger partial charge is 0.310 e. The van der Waals surface area contributed by atoms with Crippen LogP contribution in [-0.4, -0.2) is 24.7 Å². The molecule has 0 fully saturated rings. The second-order valence-electron chi connectivity index (χ2n) is 5.05. The van der Waals surface area contributed by atoms with Crippen molar-refractivity contribution in [2.24, 2.45) is 0 Å². The van der Waals surface area contributed by atoms with E-state index in [2.05, 4.69) is 5.32 Å². The van der Waals surface area contributed by atoms with Gasteiger partial charge in [-0.2, -0.15) is 0 Å². The molecule has 0 aliphatic rings. The van der Waals surface area contributed by atoms with Gasteiger partial charge in [0.1, 0.15) is 5.78 Å². The van der Waals surface area contributed by atoms with Gasteiger partial charge in [0.15, 0.2) is 5.78 Å². The van der Waals surface area contributed by atoms with Crippen LogP contribution in [0.2, 0.25) is 0 Å². The molecule has 1 atom stereocenters. The summed E-state index contributed by atoms with van der Waals surface area (Å²) in [6.45, 7) is 1.58. The average Bonchev–Trinajstić information content (AvgIpc) is 2.53. The first-order valence-corrected chi connectivity index (χ1v) is 6.98. The molecule has 3 nitrogen and oxygen atoms in total. The summed E-state index contributed by atoms with van der Waals surface area (Å²) in [6.07, 6.45) is 0.631. The Bertz CT molecular complexity index is 617. The van der Waals surface area contributed by atoms with E-state index in [0.29, 0.717) is 17.5 Å². The van der Waals surface area contributed by atoms with E-state index in [-0.39, 0.29) is 17.6 Å². The van der Waals surface area contributed by atoms with E-state index in [4.69, 9.17) is 0 Å². The van der Waals surface area contributed by atoms with Gasteiger partial charge in [-0.25, -0.2) is 0 Å². The van der Waals surface area contributed by atoms with Gasteiger partial charge in [-0.1, -0.05) is 54.6 Å². The van der Waals surface area contributed by atoms with E-state index in [9.17, 15) is 9.59 Å². The highest BCUT2D eigenvalue weighted by molar-refractivity contribution is 6.08. The van der Waals surface area contributed by atoms with E-state index in [1.165, 1.54) is 0 Å². The van der Waals surface area contributed by atoms with E-state index in [0.717, 1.165) is 5.56 Å². The van der Waals surface area contributed by atoms with Crippen LogP contribution in [-0.2, 0) is 11.2 Å². The summed E-state index contributed by atoms with van der Waals surface area (Å²) in [6, 6.07) is 16.5. The summed E-state index contributed by atoms with van der Waals surface area (Å²) in [5.74, 6) is 0.126. The Kier molecular flexibility index (Phi) is 5.01. The minimum Gasteiger partial charge on any atom is -0.310 e. The van der Waals surface area contributed by atoms with Crippen LogP contribution in [0.1, 0.15) is 28.4 Å². The molecule has 3 heteroatoms. The quantitative estimate of drug-likeness (QED) is 0.828. The van der Waals surface area contributed by atoms with Crippen molar-refractivity contribution in [1.82, 2.24) is 5.32 Å². The molecule has 0 saturated heterocycles. The van der Waals surface area contributed by atoms with Gasteiger partial charge in [-0.3, -0.25) is 9.59 Å². The number of nitrogens with one attached hydrogen (secondary N) is 1. The maximum atomic E-state index is 12.3. The SMILES string of the molecule is CNC(Cc1ccc(C(=O)c2ccccc2)cc1)C(C)=O. The molecule has 0 radical (unpaired) electrons. The molecule has 0 saturated carbocycles. The average molecular weight is 281 g/mol. The number of likely N-dealkylation sites (N-methyl/N-ethyl adjacent to an activating group) is 1. The summed E-state index contributed by atoms with van der Waals surface area (Å²) in [7, 11) is 1.78. The minimum absolute atomic E-state index is 0.0129. The molecular weight excluding hydrogens is 262 g/mol. The molecule has 0 aliphatic heterocycles. The van der Waals surface area contributed by atoms with Crippen molar-refractivity contribution in [3.63, 3.8) is 0 Å². The first-order chi connectivity index (χ1) is 10.1. The van der Waals surface area contributed by atoms with E-state index >= 15 is 0 Å². The fourth-order valence-electron chi connectivity index (χ4n) is 2.23. The van der Waals surface area contributed by atoms with Crippen LogP contribution in [0, 0.1) is 0 Å². The summed E-state index contributed by atoms with van der Waals surface area (Å²) in [5, 5.41) is 3.00. The molecule has 0 amide bonds. The number of Topliss-reactive ketones (excluding diaryl/α,β-unsaturated/α-hetero) is 1. The highest BCUT2D eigenvalue weighted by Crippen LogP contribution is 2.12. The Morgan fingerprint density at radius 3 is 2.05 bits per heavy atom. The van der Waals surface area contributed by atoms with Gasteiger partial charge in [-0.15, -0.1) is 0 Å². The molecular formula is C18H19NO2. The lowest BCUT2D eigenvalue weighted by molar-refractivity contribution is -0.118. The van der Waals surface area contributed by atoms with Crippen LogP contribution in [0.15, 0.2) is 54.6 Å². The third-order valence-corrected chi connectivity index (χ3v) is 3.53. The zero-order valence-electron chi connectivity index (χ0n) is 12.3. The van der Waals surface area contributed by atoms with E-state index in [1.807, 2.05) is 54.6 Å². The second kappa shape index (κ2) is 6.95. The fourth-order valence-corrected chi connectivity index (χ4v) is 2.23. The third kappa shape index (κ3) is 3.86. The van der Waals surface area contributed by atoms with Crippen LogP contribution in [0.5, 0.6) is 0 Å². The highest BCUT2D eigenvalue weighted by Gasteiger charge is 2.13. The number of carbonyl (C=O) groups is 2. The summed E-state index contributed by atoms with van der Waals surface area (Å²) in [5.41, 5.74) is 2.38. The predicted molar refractivity (Wildman–Crippen MR) is 83.5 cm³/mol. The molecule has 0 bridgehead atoms. The van der Waals surface area contributed by atoms with Crippen molar-refractivity contribution in [1.29, 1.82) is 0 Å². The number of rotatable bonds is 6. The van der Waals surface area contributed by atoms with Crippen molar-refractivity contribution in [3.05, 3.63) is 71.3 Å². The van der Waals surface area contributed by atoms with Gasteiger partial charge < -0.3 is 5.32 Å². The Hall–Kier alpha value is -2.26. The molecule has 0 aromatic heterocycles. The van der Waals surface area contributed by atoms with Crippen LogP contribution in [0.3, 0.4) is 0 Å². The molecule has 2 rings (SSSR count). The first-order valence-electron chi connectivity index (χ1n) is 6.98. The van der Waals surface area contributed by atoms with Crippen LogP contribution >= 0.6 is 0 Å². The molecule has 21 heavy (non-hydrogen) atoms. The minimum atomic E-state index is -0.180. The zero-order valence-corrected chi connectivity index (χ0v) is 12.3. The highest BCUT2D eigenvalue weighted by atomic mass is 16.1. The van der Waals surface area contributed by atoms with Gasteiger partial charge >= 0.3 is 0 Å². The van der Waals surface area contributed by atoms with Gasteiger partial charge in [0.25, 0.3) is 0 Å². The molecule has 1 N–H and O–H groups in total. The Labute approximate surface area is 125 Å². The van der Waals surface area contributed by atoms with Crippen LogP contribution in [0.4, 0.5) is 0 Å². The number of benzene rings is 2. The van der Waals surface area contributed by atoms with Crippen molar-refractivity contribution in [2.75, 3.05) is 7.05 Å². The third-order valence-electron chi connectivity index (χ3n) is 3.53. The van der Waals surface area contributed by atoms with Gasteiger partial charge in [0.05, 0.1) is 6.04 Å². The molecule has 0 spiro atoms. The number of carbonyl (C=O) groups excluding carboxylic acids is 2. The van der Waals surface area contributed by atoms with E-state index < -0.39 is 0 Å². The Balaban J connectivity index is 2.12. The fraction of sp³-hybridized carbons (Fsp3) is 0.222. The maximum absolute atomic E-state index is 12.3. The van der Waals surface area contributed by atoms with Crippen molar-refractivity contribution in [3.8, 4) is 0 Å². The number of hydrogen-bond acceptors (Lipinski definition) is 3. The second-order valence-corrected chi connectivity index (χ2v) is 5.05. The summed E-state index contributed by atoms with van der Waals surface area (Å²) < 4.78 is 0. The van der Waals surface area contributed by atoms with Crippen molar-refractivity contribution < 1.29 is 9.59 Å². The summed E-state index contributed by atoms with van der Waals surface area (Å²) >= 11 is 0. The molecule has 0 aliphatic carbocycles. The normalized spacial score (nSPS) is 11.9. The molecule has 1 unspecified atom stereocenters. The lowest BCUT2D eigenvalue weighted by Crippen LogP contribution is -2.34. The topological polar surface area (TPSA) is 46.2 Å². The van der Waals surface area contributed by atoms with Crippen molar-refractivity contribution >= 4 is 11.6 Å². The molecule has 108 valence electrons. The predicted octanol–water partition coefficient (Wildman–Crippen LogP) is 2.64. The molecule has 0 heterocycles. The van der Waals surface area contributed by atoms with Gasteiger partial charge in [0.2, 0.25) is 0 Å².